The lowest BCUT2D eigenvalue weighted by Gasteiger charge is -2.06. The molecule has 1 rings (SSSR count). The maximum Gasteiger partial charge on any atom is 0.0672 e. The zero-order chi connectivity index (χ0) is 11.8. The van der Waals surface area contributed by atoms with Gasteiger partial charge in [0.1, 0.15) is 0 Å². The lowest BCUT2D eigenvalue weighted by molar-refractivity contribution is 0.158. The molecule has 1 N–H and O–H groups in total. The van der Waals surface area contributed by atoms with Crippen LogP contribution in [0.4, 0.5) is 0 Å². The first-order valence-electron chi connectivity index (χ1n) is 5.21. The fraction of sp³-hybridized carbons (Fsp3) is 0.417. The van der Waals surface area contributed by atoms with E-state index in [0.29, 0.717) is 13.2 Å². The second-order valence-corrected chi connectivity index (χ2v) is 4.61. The Kier molecular flexibility index (Phi) is 6.30. The summed E-state index contributed by atoms with van der Waals surface area (Å²) < 4.78 is 6.37. The fourth-order valence-electron chi connectivity index (χ4n) is 1.18. The van der Waals surface area contributed by atoms with Crippen molar-refractivity contribution < 1.29 is 4.74 Å². The van der Waals surface area contributed by atoms with Gasteiger partial charge in [-0.15, -0.1) is 0 Å². The first-order chi connectivity index (χ1) is 7.68. The van der Waals surface area contributed by atoms with Crippen molar-refractivity contribution in [3.8, 4) is 0 Å². The van der Waals surface area contributed by atoms with Crippen molar-refractivity contribution in [1.29, 1.82) is 0 Å². The lowest BCUT2D eigenvalue weighted by Crippen LogP contribution is -2.19. The molecule has 0 aliphatic rings. The van der Waals surface area contributed by atoms with Crippen LogP contribution in [0, 0.1) is 0 Å². The van der Waals surface area contributed by atoms with Gasteiger partial charge in [0.25, 0.3) is 0 Å². The van der Waals surface area contributed by atoms with E-state index in [-0.39, 0.29) is 0 Å². The number of hydrogen-bond acceptors (Lipinski definition) is 3. The van der Waals surface area contributed by atoms with Crippen LogP contribution in [-0.2, 0) is 11.3 Å². The first-order valence-corrected chi connectivity index (χ1v) is 6.00. The van der Waals surface area contributed by atoms with Crippen LogP contribution in [0.25, 0.3) is 0 Å². The molecule has 1 aromatic rings. The van der Waals surface area contributed by atoms with Crippen molar-refractivity contribution in [3.05, 3.63) is 40.6 Å². The predicted molar refractivity (Wildman–Crippen MR) is 69.3 cm³/mol. The summed E-state index contributed by atoms with van der Waals surface area (Å²) in [6, 6.07) is 2.05. The van der Waals surface area contributed by atoms with Gasteiger partial charge in [-0.1, -0.05) is 12.2 Å². The molecular formula is C12H17BrN2O. The topological polar surface area (TPSA) is 34.1 Å². The number of halogens is 1. The molecular weight excluding hydrogens is 268 g/mol. The zero-order valence-corrected chi connectivity index (χ0v) is 11.1. The highest BCUT2D eigenvalue weighted by atomic mass is 79.9. The van der Waals surface area contributed by atoms with E-state index in [1.165, 1.54) is 0 Å². The quantitative estimate of drug-likeness (QED) is 0.617. The van der Waals surface area contributed by atoms with Crippen LogP contribution < -0.4 is 5.32 Å². The molecule has 0 aliphatic carbocycles. The van der Waals surface area contributed by atoms with E-state index in [4.69, 9.17) is 4.74 Å². The van der Waals surface area contributed by atoms with Crippen molar-refractivity contribution >= 4 is 15.9 Å². The summed E-state index contributed by atoms with van der Waals surface area (Å²) in [5.74, 6) is 0. The zero-order valence-electron chi connectivity index (χ0n) is 9.50. The molecule has 1 heterocycles. The van der Waals surface area contributed by atoms with Gasteiger partial charge in [0.05, 0.1) is 13.2 Å². The second kappa shape index (κ2) is 7.54. The molecule has 0 amide bonds. The molecule has 0 bridgehead atoms. The summed E-state index contributed by atoms with van der Waals surface area (Å²) in [6.45, 7) is 8.71. The van der Waals surface area contributed by atoms with Crippen molar-refractivity contribution in [2.75, 3.05) is 19.8 Å². The summed E-state index contributed by atoms with van der Waals surface area (Å²) in [4.78, 5) is 4.09. The lowest BCUT2D eigenvalue weighted by atomic mass is 10.3. The van der Waals surface area contributed by atoms with Crippen molar-refractivity contribution in [2.24, 2.45) is 0 Å². The van der Waals surface area contributed by atoms with Crippen molar-refractivity contribution in [2.45, 2.75) is 13.5 Å². The van der Waals surface area contributed by atoms with Crippen molar-refractivity contribution in [3.63, 3.8) is 0 Å². The van der Waals surface area contributed by atoms with Gasteiger partial charge >= 0.3 is 0 Å². The van der Waals surface area contributed by atoms with Crippen LogP contribution in [0.3, 0.4) is 0 Å². The maximum atomic E-state index is 5.37. The SMILES string of the molecule is C=C(C)COCCNCc1cncc(Br)c1. The Hall–Kier alpha value is -0.710. The maximum absolute atomic E-state index is 5.37. The van der Waals surface area contributed by atoms with E-state index in [9.17, 15) is 0 Å². The van der Waals surface area contributed by atoms with E-state index >= 15 is 0 Å². The third-order valence-corrected chi connectivity index (χ3v) is 2.30. The van der Waals surface area contributed by atoms with Gasteiger partial charge in [-0.2, -0.15) is 0 Å². The number of ether oxygens (including phenoxy) is 1. The highest BCUT2D eigenvalue weighted by Gasteiger charge is 1.94. The monoisotopic (exact) mass is 284 g/mol. The van der Waals surface area contributed by atoms with Gasteiger partial charge in [-0.3, -0.25) is 4.98 Å². The third kappa shape index (κ3) is 6.00. The summed E-state index contributed by atoms with van der Waals surface area (Å²) in [7, 11) is 0. The number of nitrogens with zero attached hydrogens (tertiary/aromatic N) is 1. The van der Waals surface area contributed by atoms with Gasteiger partial charge in [-0.25, -0.2) is 0 Å². The Morgan fingerprint density at radius 3 is 3.06 bits per heavy atom. The molecule has 0 saturated heterocycles. The standard InChI is InChI=1S/C12H17BrN2O/c1-10(2)9-16-4-3-14-6-11-5-12(13)8-15-7-11/h5,7-8,14H,1,3-4,6,9H2,2H3. The van der Waals surface area contributed by atoms with Crippen molar-refractivity contribution in [1.82, 2.24) is 10.3 Å². The largest absolute Gasteiger partial charge is 0.376 e. The number of pyridine rings is 1. The highest BCUT2D eigenvalue weighted by Crippen LogP contribution is 2.08. The molecule has 0 atom stereocenters. The van der Waals surface area contributed by atoms with Crippen LogP contribution >= 0.6 is 15.9 Å². The molecule has 0 fully saturated rings. The molecule has 0 unspecified atom stereocenters. The first kappa shape index (κ1) is 13.4. The van der Waals surface area contributed by atoms with Gasteiger partial charge in [0.15, 0.2) is 0 Å². The molecule has 0 aromatic carbocycles. The molecule has 88 valence electrons. The predicted octanol–water partition coefficient (Wildman–Crippen LogP) is 2.53. The smallest absolute Gasteiger partial charge is 0.0672 e. The fourth-order valence-corrected chi connectivity index (χ4v) is 1.59. The summed E-state index contributed by atoms with van der Waals surface area (Å²) >= 11 is 3.39. The average Bonchev–Trinajstić information content (AvgIpc) is 2.23. The van der Waals surface area contributed by atoms with Crippen LogP contribution in [0.1, 0.15) is 12.5 Å². The van der Waals surface area contributed by atoms with Gasteiger partial charge in [0.2, 0.25) is 0 Å². The molecule has 1 aromatic heterocycles. The Labute approximate surface area is 105 Å². The summed E-state index contributed by atoms with van der Waals surface area (Å²) in [6.07, 6.45) is 3.63. The van der Waals surface area contributed by atoms with E-state index in [1.807, 2.05) is 13.1 Å². The van der Waals surface area contributed by atoms with Crippen LogP contribution in [0.2, 0.25) is 0 Å². The Bertz CT molecular complexity index is 342. The summed E-state index contributed by atoms with van der Waals surface area (Å²) in [5, 5.41) is 3.29. The molecule has 3 nitrogen and oxygen atoms in total. The normalized spacial score (nSPS) is 10.4. The highest BCUT2D eigenvalue weighted by molar-refractivity contribution is 9.10. The molecule has 4 heteroatoms. The Morgan fingerprint density at radius 2 is 2.38 bits per heavy atom. The van der Waals surface area contributed by atoms with E-state index < -0.39 is 0 Å². The molecule has 0 saturated carbocycles. The van der Waals surface area contributed by atoms with Crippen LogP contribution in [-0.4, -0.2) is 24.7 Å². The average molecular weight is 285 g/mol. The number of aromatic nitrogens is 1. The van der Waals surface area contributed by atoms with Gasteiger partial charge < -0.3 is 10.1 Å². The Morgan fingerprint density at radius 1 is 1.56 bits per heavy atom. The number of nitrogens with one attached hydrogen (secondary N) is 1. The third-order valence-electron chi connectivity index (χ3n) is 1.86. The van der Waals surface area contributed by atoms with Gasteiger partial charge in [0, 0.05) is 30.0 Å². The molecule has 0 radical (unpaired) electrons. The van der Waals surface area contributed by atoms with E-state index in [2.05, 4.69) is 38.9 Å². The minimum Gasteiger partial charge on any atom is -0.376 e. The molecule has 0 aliphatic heterocycles. The van der Waals surface area contributed by atoms with Gasteiger partial charge in [-0.05, 0) is 34.5 Å². The van der Waals surface area contributed by atoms with E-state index in [1.54, 1.807) is 6.20 Å². The summed E-state index contributed by atoms with van der Waals surface area (Å²) in [5.41, 5.74) is 2.21. The van der Waals surface area contributed by atoms with E-state index in [0.717, 1.165) is 28.7 Å². The number of rotatable bonds is 7. The Balaban J connectivity index is 2.09. The molecule has 0 spiro atoms. The number of hydrogen-bond donors (Lipinski definition) is 1. The molecule has 16 heavy (non-hydrogen) atoms. The minimum atomic E-state index is 0.639. The minimum absolute atomic E-state index is 0.639. The second-order valence-electron chi connectivity index (χ2n) is 3.70. The van der Waals surface area contributed by atoms with Crippen LogP contribution in [0.15, 0.2) is 35.1 Å². The van der Waals surface area contributed by atoms with Crippen LogP contribution in [0.5, 0.6) is 0 Å².